The highest BCUT2D eigenvalue weighted by Gasteiger charge is 2.37. The molecule has 8 heteroatoms. The van der Waals surface area contributed by atoms with E-state index in [1.807, 2.05) is 0 Å². The van der Waals surface area contributed by atoms with Crippen molar-refractivity contribution in [1.82, 2.24) is 10.6 Å². The standard InChI is InChI=1S/C19H18N2O5S/c1-3-24-18(23)15-11(2)20-19(27)21-16(15)12-6-8-13(9-7-12)26-17(22)14-5-4-10-25-14/h4-10,15-16H,2-3H2,1H3,(H2,20,21,27). The number of ether oxygens (including phenoxy) is 2. The maximum absolute atomic E-state index is 12.4. The predicted molar refractivity (Wildman–Crippen MR) is 101 cm³/mol. The Labute approximate surface area is 161 Å². The van der Waals surface area contributed by atoms with E-state index in [1.165, 1.54) is 12.3 Å². The van der Waals surface area contributed by atoms with Crippen LogP contribution in [0.4, 0.5) is 0 Å². The zero-order chi connectivity index (χ0) is 19.4. The molecule has 27 heavy (non-hydrogen) atoms. The van der Waals surface area contributed by atoms with Crippen molar-refractivity contribution in [3.63, 3.8) is 0 Å². The minimum Gasteiger partial charge on any atom is -0.465 e. The van der Waals surface area contributed by atoms with Crippen LogP contribution in [0.15, 0.2) is 59.4 Å². The molecule has 1 aromatic carbocycles. The van der Waals surface area contributed by atoms with Crippen LogP contribution >= 0.6 is 12.2 Å². The van der Waals surface area contributed by atoms with Crippen LogP contribution in [0.25, 0.3) is 0 Å². The zero-order valence-electron chi connectivity index (χ0n) is 14.6. The number of furan rings is 1. The maximum atomic E-state index is 12.4. The largest absolute Gasteiger partial charge is 0.465 e. The van der Waals surface area contributed by atoms with Crippen LogP contribution < -0.4 is 15.4 Å². The van der Waals surface area contributed by atoms with Crippen LogP contribution in [0.3, 0.4) is 0 Å². The maximum Gasteiger partial charge on any atom is 0.379 e. The molecule has 0 amide bonds. The Morgan fingerprint density at radius 2 is 2.00 bits per heavy atom. The predicted octanol–water partition coefficient (Wildman–Crippen LogP) is 2.71. The highest BCUT2D eigenvalue weighted by Crippen LogP contribution is 2.31. The fraction of sp³-hybridized carbons (Fsp3) is 0.211. The first-order chi connectivity index (χ1) is 13.0. The third-order valence-corrected chi connectivity index (χ3v) is 4.20. The summed E-state index contributed by atoms with van der Waals surface area (Å²) in [5.41, 5.74) is 1.24. The molecule has 2 unspecified atom stereocenters. The Morgan fingerprint density at radius 3 is 2.63 bits per heavy atom. The molecule has 0 bridgehead atoms. The highest BCUT2D eigenvalue weighted by molar-refractivity contribution is 7.80. The van der Waals surface area contributed by atoms with Crippen molar-refractivity contribution in [2.24, 2.45) is 5.92 Å². The molecule has 1 fully saturated rings. The lowest BCUT2D eigenvalue weighted by Gasteiger charge is -2.34. The van der Waals surface area contributed by atoms with Crippen LogP contribution in [0.2, 0.25) is 0 Å². The molecule has 0 spiro atoms. The van der Waals surface area contributed by atoms with Crippen molar-refractivity contribution in [3.8, 4) is 5.75 Å². The van der Waals surface area contributed by atoms with Gasteiger partial charge in [-0.25, -0.2) is 4.79 Å². The van der Waals surface area contributed by atoms with Gasteiger partial charge in [-0.3, -0.25) is 4.79 Å². The molecule has 1 aliphatic rings. The van der Waals surface area contributed by atoms with Gasteiger partial charge in [0.25, 0.3) is 0 Å². The van der Waals surface area contributed by atoms with E-state index in [-0.39, 0.29) is 12.4 Å². The molecule has 2 aromatic rings. The lowest BCUT2D eigenvalue weighted by atomic mass is 9.89. The Morgan fingerprint density at radius 1 is 1.26 bits per heavy atom. The summed E-state index contributed by atoms with van der Waals surface area (Å²) in [5, 5.41) is 6.31. The number of nitrogens with one attached hydrogen (secondary N) is 2. The SMILES string of the molecule is C=C1NC(=S)NC(c2ccc(OC(=O)c3ccco3)cc2)C1C(=O)OCC. The summed E-state index contributed by atoms with van der Waals surface area (Å²) in [5.74, 6) is -1.17. The van der Waals surface area contributed by atoms with Gasteiger partial charge in [0.1, 0.15) is 11.7 Å². The highest BCUT2D eigenvalue weighted by atomic mass is 32.1. The second-order valence-electron chi connectivity index (χ2n) is 5.77. The van der Waals surface area contributed by atoms with E-state index >= 15 is 0 Å². The summed E-state index contributed by atoms with van der Waals surface area (Å²) in [6.45, 7) is 5.90. The van der Waals surface area contributed by atoms with Crippen LogP contribution in [0.1, 0.15) is 29.1 Å². The first-order valence-corrected chi connectivity index (χ1v) is 8.69. The van der Waals surface area contributed by atoms with Crippen LogP contribution in [-0.4, -0.2) is 23.7 Å². The van der Waals surface area contributed by atoms with Crippen molar-refractivity contribution in [2.75, 3.05) is 6.61 Å². The fourth-order valence-corrected chi connectivity index (χ4v) is 3.02. The van der Waals surface area contributed by atoms with E-state index in [0.29, 0.717) is 16.6 Å². The van der Waals surface area contributed by atoms with E-state index in [0.717, 1.165) is 5.56 Å². The van der Waals surface area contributed by atoms with Crippen molar-refractivity contribution >= 4 is 29.3 Å². The summed E-state index contributed by atoms with van der Waals surface area (Å²) < 4.78 is 15.4. The number of hydrogen-bond donors (Lipinski definition) is 2. The van der Waals surface area contributed by atoms with Gasteiger partial charge in [-0.15, -0.1) is 0 Å². The molecule has 1 aromatic heterocycles. The van der Waals surface area contributed by atoms with E-state index in [1.54, 1.807) is 37.3 Å². The number of thiocarbonyl (C=S) groups is 1. The number of benzene rings is 1. The summed E-state index contributed by atoms with van der Waals surface area (Å²) >= 11 is 5.18. The zero-order valence-corrected chi connectivity index (χ0v) is 15.4. The number of hydrogen-bond acceptors (Lipinski definition) is 6. The minimum absolute atomic E-state index is 0.114. The fourth-order valence-electron chi connectivity index (χ4n) is 2.77. The Balaban J connectivity index is 1.79. The Kier molecular flexibility index (Phi) is 5.56. The molecule has 2 N–H and O–H groups in total. The molecule has 3 rings (SSSR count). The first-order valence-electron chi connectivity index (χ1n) is 8.28. The van der Waals surface area contributed by atoms with Gasteiger partial charge in [-0.2, -0.15) is 0 Å². The Hall–Kier alpha value is -3.13. The molecule has 2 heterocycles. The monoisotopic (exact) mass is 386 g/mol. The van der Waals surface area contributed by atoms with Gasteiger partial charge in [0.15, 0.2) is 5.11 Å². The van der Waals surface area contributed by atoms with Crippen LogP contribution in [0.5, 0.6) is 5.75 Å². The summed E-state index contributed by atoms with van der Waals surface area (Å²) in [6.07, 6.45) is 1.40. The van der Waals surface area contributed by atoms with Crippen molar-refractivity contribution in [1.29, 1.82) is 0 Å². The normalized spacial score (nSPS) is 19.0. The molecule has 140 valence electrons. The molecule has 7 nitrogen and oxygen atoms in total. The van der Waals surface area contributed by atoms with Crippen LogP contribution in [-0.2, 0) is 9.53 Å². The lowest BCUT2D eigenvalue weighted by molar-refractivity contribution is -0.147. The average Bonchev–Trinajstić information content (AvgIpc) is 3.16. The molecule has 0 aliphatic carbocycles. The minimum atomic E-state index is -0.645. The molecule has 1 aliphatic heterocycles. The number of rotatable bonds is 5. The summed E-state index contributed by atoms with van der Waals surface area (Å²) in [7, 11) is 0. The van der Waals surface area contributed by atoms with Gasteiger partial charge in [-0.05, 0) is 49.0 Å². The smallest absolute Gasteiger partial charge is 0.379 e. The second-order valence-corrected chi connectivity index (χ2v) is 6.18. The summed E-state index contributed by atoms with van der Waals surface area (Å²) in [4.78, 5) is 24.3. The van der Waals surface area contributed by atoms with Gasteiger partial charge < -0.3 is 24.5 Å². The molecule has 2 atom stereocenters. The van der Waals surface area contributed by atoms with Crippen molar-refractivity contribution < 1.29 is 23.5 Å². The van der Waals surface area contributed by atoms with Gasteiger partial charge in [0, 0.05) is 5.70 Å². The summed E-state index contributed by atoms with van der Waals surface area (Å²) in [6, 6.07) is 9.44. The van der Waals surface area contributed by atoms with Gasteiger partial charge in [0.05, 0.1) is 18.9 Å². The first kappa shape index (κ1) is 18.7. The number of carbonyl (C=O) groups excluding carboxylic acids is 2. The molecular weight excluding hydrogens is 368 g/mol. The molecule has 0 radical (unpaired) electrons. The van der Waals surface area contributed by atoms with Gasteiger partial charge in [0.2, 0.25) is 5.76 Å². The topological polar surface area (TPSA) is 89.8 Å². The third kappa shape index (κ3) is 4.17. The molecular formula is C19H18N2O5S. The van der Waals surface area contributed by atoms with E-state index in [9.17, 15) is 9.59 Å². The number of carbonyl (C=O) groups is 2. The van der Waals surface area contributed by atoms with E-state index in [4.69, 9.17) is 26.1 Å². The molecule has 0 saturated carbocycles. The average molecular weight is 386 g/mol. The second kappa shape index (κ2) is 8.05. The third-order valence-electron chi connectivity index (χ3n) is 3.98. The van der Waals surface area contributed by atoms with Crippen LogP contribution in [0, 0.1) is 5.92 Å². The Bertz CT molecular complexity index is 861. The van der Waals surface area contributed by atoms with E-state index in [2.05, 4.69) is 17.2 Å². The van der Waals surface area contributed by atoms with Gasteiger partial charge >= 0.3 is 11.9 Å². The quantitative estimate of drug-likeness (QED) is 0.461. The van der Waals surface area contributed by atoms with Crippen molar-refractivity contribution in [2.45, 2.75) is 13.0 Å². The van der Waals surface area contributed by atoms with E-state index < -0.39 is 23.9 Å². The lowest BCUT2D eigenvalue weighted by Crippen LogP contribution is -2.50. The van der Waals surface area contributed by atoms with Gasteiger partial charge in [-0.1, -0.05) is 18.7 Å². The number of esters is 2. The molecule has 1 saturated heterocycles. The van der Waals surface area contributed by atoms with Crippen molar-refractivity contribution in [3.05, 3.63) is 66.3 Å².